The van der Waals surface area contributed by atoms with E-state index in [9.17, 15) is 0 Å². The predicted molar refractivity (Wildman–Crippen MR) is 46.0 cm³/mol. The van der Waals surface area contributed by atoms with Crippen molar-refractivity contribution in [3.63, 3.8) is 0 Å². The highest BCUT2D eigenvalue weighted by Crippen LogP contribution is 2.21. The lowest BCUT2D eigenvalue weighted by Crippen LogP contribution is -2.18. The maximum absolute atomic E-state index is 5.38. The number of fused-ring (bicyclic) bond motifs is 1. The minimum Gasteiger partial charge on any atom is -0.373 e. The summed E-state index contributed by atoms with van der Waals surface area (Å²) in [4.78, 5) is 0. The van der Waals surface area contributed by atoms with Crippen LogP contribution < -0.4 is 0 Å². The van der Waals surface area contributed by atoms with E-state index in [0.717, 1.165) is 19.8 Å². The zero-order chi connectivity index (χ0) is 8.55. The van der Waals surface area contributed by atoms with E-state index in [1.165, 1.54) is 11.3 Å². The summed E-state index contributed by atoms with van der Waals surface area (Å²) < 4.78 is 7.44. The van der Waals surface area contributed by atoms with Crippen LogP contribution in [0.15, 0.2) is 6.20 Å². The molecule has 12 heavy (non-hydrogen) atoms. The third-order valence-electron chi connectivity index (χ3n) is 2.29. The number of nitrogens with zero attached hydrogens (tertiary/aromatic N) is 2. The average molecular weight is 166 g/mol. The molecule has 0 spiro atoms. The first-order valence-corrected chi connectivity index (χ1v) is 4.41. The van der Waals surface area contributed by atoms with Crippen LogP contribution in [0.2, 0.25) is 0 Å². The second kappa shape index (κ2) is 2.90. The molecule has 3 heteroatoms. The van der Waals surface area contributed by atoms with Gasteiger partial charge in [0.05, 0.1) is 31.6 Å². The summed E-state index contributed by atoms with van der Waals surface area (Å²) in [5.74, 6) is 0.551. The van der Waals surface area contributed by atoms with Gasteiger partial charge in [-0.15, -0.1) is 0 Å². The molecule has 66 valence electrons. The van der Waals surface area contributed by atoms with Gasteiger partial charge in [-0.3, -0.25) is 4.68 Å². The van der Waals surface area contributed by atoms with Crippen LogP contribution in [0.25, 0.3) is 0 Å². The van der Waals surface area contributed by atoms with Gasteiger partial charge < -0.3 is 4.74 Å². The molecular formula is C9H14N2O. The summed E-state index contributed by atoms with van der Waals surface area (Å²) in [6.45, 7) is 6.81. The van der Waals surface area contributed by atoms with Crippen LogP contribution in [-0.4, -0.2) is 16.4 Å². The van der Waals surface area contributed by atoms with Crippen LogP contribution in [-0.2, 0) is 17.9 Å². The largest absolute Gasteiger partial charge is 0.373 e. The third kappa shape index (κ3) is 1.14. The summed E-state index contributed by atoms with van der Waals surface area (Å²) in [6, 6.07) is 0. The predicted octanol–water partition coefficient (Wildman–Crippen LogP) is 1.54. The molecule has 0 aromatic carbocycles. The summed E-state index contributed by atoms with van der Waals surface area (Å²) in [7, 11) is 0. The topological polar surface area (TPSA) is 27.1 Å². The van der Waals surface area contributed by atoms with E-state index >= 15 is 0 Å². The van der Waals surface area contributed by atoms with Crippen LogP contribution in [0.1, 0.15) is 31.0 Å². The van der Waals surface area contributed by atoms with Gasteiger partial charge in [0, 0.05) is 0 Å². The number of aromatic nitrogens is 2. The van der Waals surface area contributed by atoms with Gasteiger partial charge in [-0.1, -0.05) is 13.8 Å². The Morgan fingerprint density at radius 1 is 1.58 bits per heavy atom. The molecule has 0 atom stereocenters. The molecule has 1 aliphatic heterocycles. The molecule has 0 aliphatic carbocycles. The van der Waals surface area contributed by atoms with Crippen molar-refractivity contribution < 1.29 is 4.74 Å². The normalized spacial score (nSPS) is 16.6. The molecule has 0 saturated carbocycles. The first-order chi connectivity index (χ1) is 5.79. The lowest BCUT2D eigenvalue weighted by Gasteiger charge is -2.16. The fourth-order valence-electron chi connectivity index (χ4n) is 1.58. The van der Waals surface area contributed by atoms with Gasteiger partial charge in [0.2, 0.25) is 0 Å². The van der Waals surface area contributed by atoms with Crippen molar-refractivity contribution in [2.75, 3.05) is 6.61 Å². The molecule has 0 N–H and O–H groups in total. The van der Waals surface area contributed by atoms with Gasteiger partial charge in [0.1, 0.15) is 0 Å². The Hall–Kier alpha value is -0.830. The lowest BCUT2D eigenvalue weighted by atomic mass is 10.0. The Bertz CT molecular complexity index is 278. The summed E-state index contributed by atoms with van der Waals surface area (Å²) in [5.41, 5.74) is 2.59. The van der Waals surface area contributed by atoms with Gasteiger partial charge >= 0.3 is 0 Å². The number of hydrogen-bond acceptors (Lipinski definition) is 2. The molecule has 1 aromatic heterocycles. The summed E-state index contributed by atoms with van der Waals surface area (Å²) in [6.07, 6.45) is 1.97. The molecule has 0 amide bonds. The van der Waals surface area contributed by atoms with Gasteiger partial charge in [0.25, 0.3) is 0 Å². The highest BCUT2D eigenvalue weighted by Gasteiger charge is 2.16. The molecule has 2 heterocycles. The zero-order valence-electron chi connectivity index (χ0n) is 7.58. The van der Waals surface area contributed by atoms with E-state index in [1.54, 1.807) is 0 Å². The first kappa shape index (κ1) is 7.80. The monoisotopic (exact) mass is 166 g/mol. The second-order valence-corrected chi connectivity index (χ2v) is 3.48. The van der Waals surface area contributed by atoms with Gasteiger partial charge in [-0.25, -0.2) is 0 Å². The third-order valence-corrected chi connectivity index (χ3v) is 2.29. The molecule has 1 aromatic rings. The Morgan fingerprint density at radius 2 is 2.42 bits per heavy atom. The fourth-order valence-corrected chi connectivity index (χ4v) is 1.58. The highest BCUT2D eigenvalue weighted by molar-refractivity contribution is 5.21. The van der Waals surface area contributed by atoms with Gasteiger partial charge in [-0.2, -0.15) is 5.10 Å². The quantitative estimate of drug-likeness (QED) is 0.632. The van der Waals surface area contributed by atoms with Crippen LogP contribution >= 0.6 is 0 Å². The van der Waals surface area contributed by atoms with Crippen LogP contribution in [0.5, 0.6) is 0 Å². The van der Waals surface area contributed by atoms with Crippen molar-refractivity contribution in [1.82, 2.24) is 9.78 Å². The van der Waals surface area contributed by atoms with Crippen LogP contribution in [0.3, 0.4) is 0 Å². The average Bonchev–Trinajstić information content (AvgIpc) is 2.47. The molecule has 0 bridgehead atoms. The van der Waals surface area contributed by atoms with Crippen LogP contribution in [0, 0.1) is 0 Å². The molecule has 1 aliphatic rings. The molecular weight excluding hydrogens is 152 g/mol. The second-order valence-electron chi connectivity index (χ2n) is 3.48. The smallest absolute Gasteiger partial charge is 0.0888 e. The highest BCUT2D eigenvalue weighted by atomic mass is 16.5. The van der Waals surface area contributed by atoms with Crippen molar-refractivity contribution >= 4 is 0 Å². The standard InChI is InChI=1S/C9H14N2O/c1-7(2)8-5-10-11-3-4-12-6-9(8)11/h5,7H,3-4,6H2,1-2H3. The molecule has 3 nitrogen and oxygen atoms in total. The van der Waals surface area contributed by atoms with E-state index in [2.05, 4.69) is 23.6 Å². The van der Waals surface area contributed by atoms with E-state index in [4.69, 9.17) is 4.74 Å². The summed E-state index contributed by atoms with van der Waals surface area (Å²) in [5, 5.41) is 4.31. The Balaban J connectivity index is 2.38. The number of rotatable bonds is 1. The van der Waals surface area contributed by atoms with Crippen molar-refractivity contribution in [3.05, 3.63) is 17.5 Å². The van der Waals surface area contributed by atoms with Crippen molar-refractivity contribution in [1.29, 1.82) is 0 Å². The molecule has 0 unspecified atom stereocenters. The Morgan fingerprint density at radius 3 is 3.17 bits per heavy atom. The van der Waals surface area contributed by atoms with Gasteiger partial charge in [-0.05, 0) is 11.5 Å². The van der Waals surface area contributed by atoms with E-state index in [-0.39, 0.29) is 0 Å². The maximum atomic E-state index is 5.38. The van der Waals surface area contributed by atoms with E-state index in [0.29, 0.717) is 5.92 Å². The Kier molecular flexibility index (Phi) is 1.89. The lowest BCUT2D eigenvalue weighted by molar-refractivity contribution is 0.0792. The zero-order valence-corrected chi connectivity index (χ0v) is 7.58. The minimum atomic E-state index is 0.551. The number of hydrogen-bond donors (Lipinski definition) is 0. The van der Waals surface area contributed by atoms with Crippen molar-refractivity contribution in [3.8, 4) is 0 Å². The van der Waals surface area contributed by atoms with E-state index < -0.39 is 0 Å². The van der Waals surface area contributed by atoms with Crippen LogP contribution in [0.4, 0.5) is 0 Å². The number of ether oxygens (including phenoxy) is 1. The molecule has 0 radical (unpaired) electrons. The fraction of sp³-hybridized carbons (Fsp3) is 0.667. The maximum Gasteiger partial charge on any atom is 0.0888 e. The Labute approximate surface area is 72.3 Å². The van der Waals surface area contributed by atoms with E-state index in [1.807, 2.05) is 6.20 Å². The van der Waals surface area contributed by atoms with Crippen molar-refractivity contribution in [2.24, 2.45) is 0 Å². The summed E-state index contributed by atoms with van der Waals surface area (Å²) >= 11 is 0. The van der Waals surface area contributed by atoms with Crippen molar-refractivity contribution in [2.45, 2.75) is 32.9 Å². The minimum absolute atomic E-state index is 0.551. The first-order valence-electron chi connectivity index (χ1n) is 4.41. The molecule has 0 fully saturated rings. The molecule has 2 rings (SSSR count). The van der Waals surface area contributed by atoms with Gasteiger partial charge in [0.15, 0.2) is 0 Å². The SMILES string of the molecule is CC(C)c1cnn2c1COCC2. The molecule has 0 saturated heterocycles.